The quantitative estimate of drug-likeness (QED) is 0.177. The third-order valence-corrected chi connectivity index (χ3v) is 6.32. The molecule has 5 aromatic rings. The Hall–Kier alpha value is -3.63. The summed E-state index contributed by atoms with van der Waals surface area (Å²) in [6.45, 7) is 4.07. The summed E-state index contributed by atoms with van der Waals surface area (Å²) in [5.74, 6) is 0. The summed E-state index contributed by atoms with van der Waals surface area (Å²) in [6.07, 6.45) is 0.530. The first-order valence-corrected chi connectivity index (χ1v) is 11.7. The minimum atomic E-state index is -4.53. The molecule has 0 fully saturated rings. The van der Waals surface area contributed by atoms with E-state index < -0.39 is 17.2 Å². The van der Waals surface area contributed by atoms with Gasteiger partial charge in [0, 0.05) is 11.9 Å². The van der Waals surface area contributed by atoms with E-state index >= 15 is 0 Å². The van der Waals surface area contributed by atoms with Gasteiger partial charge in [0.25, 0.3) is 0 Å². The van der Waals surface area contributed by atoms with Gasteiger partial charge in [0.05, 0.1) is 11.4 Å². The standard InChI is InChI=1S/C31H22F3N3.Pt/c1-30(2,25-10-7-14-35-20-25)24-9-5-8-21(17-24)22-16-23(19-26(18-22)31(32,33)34)27-12-6-13-29(37-27)28-11-3-4-15-36-28;/h3-9,11-15,17-20H,1-2H3;/q-2;+2. The van der Waals surface area contributed by atoms with E-state index in [1.165, 1.54) is 0 Å². The molecule has 0 aliphatic carbocycles. The Morgan fingerprint density at radius 1 is 0.737 bits per heavy atom. The van der Waals surface area contributed by atoms with Crippen molar-refractivity contribution in [2.75, 3.05) is 0 Å². The van der Waals surface area contributed by atoms with Gasteiger partial charge in [0.2, 0.25) is 0 Å². The minimum absolute atomic E-state index is 0. The number of nitrogens with zero attached hydrogens (tertiary/aromatic N) is 3. The third-order valence-electron chi connectivity index (χ3n) is 6.32. The summed E-state index contributed by atoms with van der Waals surface area (Å²) in [5, 5.41) is 0. The van der Waals surface area contributed by atoms with Gasteiger partial charge in [-0.3, -0.25) is 9.97 Å². The fourth-order valence-corrected chi connectivity index (χ4v) is 4.17. The van der Waals surface area contributed by atoms with Gasteiger partial charge in [0.1, 0.15) is 0 Å². The van der Waals surface area contributed by atoms with E-state index in [0.717, 1.165) is 23.3 Å². The number of aromatic nitrogens is 3. The molecule has 0 N–H and O–H groups in total. The Morgan fingerprint density at radius 2 is 1.47 bits per heavy atom. The van der Waals surface area contributed by atoms with Crippen LogP contribution in [-0.2, 0) is 32.7 Å². The molecule has 0 saturated heterocycles. The van der Waals surface area contributed by atoms with Crippen molar-refractivity contribution >= 4 is 0 Å². The van der Waals surface area contributed by atoms with Crippen molar-refractivity contribution in [3.63, 3.8) is 0 Å². The van der Waals surface area contributed by atoms with Crippen molar-refractivity contribution in [2.45, 2.75) is 25.4 Å². The van der Waals surface area contributed by atoms with E-state index in [4.69, 9.17) is 0 Å². The maximum absolute atomic E-state index is 14.0. The van der Waals surface area contributed by atoms with Crippen molar-refractivity contribution in [1.29, 1.82) is 0 Å². The number of hydrogen-bond acceptors (Lipinski definition) is 3. The molecule has 0 aliphatic heterocycles. The molecule has 0 bridgehead atoms. The SMILES string of the molecule is CC(C)(c1[c-]ccnc1)c1cccc(-c2[c-]c(-c3cccc(-c4ccccn4)n3)cc(C(F)(F)F)c2)c1.[Pt+2]. The van der Waals surface area contributed by atoms with Crippen LogP contribution in [0.2, 0.25) is 0 Å². The second-order valence-electron chi connectivity index (χ2n) is 9.17. The number of benzene rings is 2. The largest absolute Gasteiger partial charge is 2.00 e. The summed E-state index contributed by atoms with van der Waals surface area (Å²) in [6, 6.07) is 28.5. The Kier molecular flexibility index (Phi) is 7.93. The summed E-state index contributed by atoms with van der Waals surface area (Å²) < 4.78 is 41.9. The molecular weight excluding hydrogens is 666 g/mol. The van der Waals surface area contributed by atoms with Crippen LogP contribution in [0, 0.1) is 12.1 Å². The molecule has 38 heavy (non-hydrogen) atoms. The summed E-state index contributed by atoms with van der Waals surface area (Å²) in [7, 11) is 0. The number of pyridine rings is 3. The van der Waals surface area contributed by atoms with Crippen LogP contribution in [-0.4, -0.2) is 15.0 Å². The van der Waals surface area contributed by atoms with E-state index in [9.17, 15) is 13.2 Å². The van der Waals surface area contributed by atoms with E-state index in [0.29, 0.717) is 28.2 Å². The van der Waals surface area contributed by atoms with E-state index in [1.54, 1.807) is 61.1 Å². The van der Waals surface area contributed by atoms with E-state index in [2.05, 4.69) is 27.1 Å². The Morgan fingerprint density at radius 3 is 2.18 bits per heavy atom. The van der Waals surface area contributed by atoms with Crippen LogP contribution in [0.1, 0.15) is 30.5 Å². The average molecular weight is 689 g/mol. The van der Waals surface area contributed by atoms with Gasteiger partial charge in [-0.2, -0.15) is 25.3 Å². The van der Waals surface area contributed by atoms with Crippen molar-refractivity contribution in [2.24, 2.45) is 0 Å². The predicted molar refractivity (Wildman–Crippen MR) is 137 cm³/mol. The van der Waals surface area contributed by atoms with Crippen molar-refractivity contribution < 1.29 is 34.2 Å². The predicted octanol–water partition coefficient (Wildman–Crippen LogP) is 7.82. The molecule has 3 heterocycles. The fraction of sp³-hybridized carbons (Fsp3) is 0.129. The zero-order valence-corrected chi connectivity index (χ0v) is 22.8. The summed E-state index contributed by atoms with van der Waals surface area (Å²) in [4.78, 5) is 13.1. The molecule has 7 heteroatoms. The Labute approximate surface area is 234 Å². The number of halogens is 3. The molecule has 0 saturated carbocycles. The number of rotatable bonds is 5. The molecule has 0 aliphatic rings. The van der Waals surface area contributed by atoms with Crippen molar-refractivity contribution in [1.82, 2.24) is 15.0 Å². The zero-order valence-electron chi connectivity index (χ0n) is 20.5. The van der Waals surface area contributed by atoms with Gasteiger partial charge in [-0.1, -0.05) is 79.8 Å². The van der Waals surface area contributed by atoms with Crippen LogP contribution in [0.25, 0.3) is 33.8 Å². The molecule has 3 nitrogen and oxygen atoms in total. The average Bonchev–Trinajstić information content (AvgIpc) is 2.93. The van der Waals surface area contributed by atoms with Gasteiger partial charge < -0.3 is 4.98 Å². The molecule has 3 aromatic heterocycles. The molecule has 5 rings (SSSR count). The summed E-state index contributed by atoms with van der Waals surface area (Å²) >= 11 is 0. The van der Waals surface area contributed by atoms with E-state index in [1.807, 2.05) is 38.1 Å². The topological polar surface area (TPSA) is 38.7 Å². The number of alkyl halides is 3. The molecular formula is C31H22F3N3Pt. The Balaban J connectivity index is 0.00000336. The van der Waals surface area contributed by atoms with Crippen LogP contribution in [0.5, 0.6) is 0 Å². The zero-order chi connectivity index (χ0) is 26.0. The molecule has 0 atom stereocenters. The van der Waals surface area contributed by atoms with Crippen molar-refractivity contribution in [3.8, 4) is 33.8 Å². The second-order valence-corrected chi connectivity index (χ2v) is 9.17. The normalized spacial score (nSPS) is 11.6. The van der Waals surface area contributed by atoms with Crippen LogP contribution in [0.3, 0.4) is 0 Å². The first-order chi connectivity index (χ1) is 17.7. The molecule has 0 amide bonds. The van der Waals surface area contributed by atoms with Crippen LogP contribution < -0.4 is 0 Å². The van der Waals surface area contributed by atoms with Gasteiger partial charge >= 0.3 is 27.2 Å². The maximum Gasteiger partial charge on any atom is 2.00 e. The summed E-state index contributed by atoms with van der Waals surface area (Å²) in [5.41, 5.74) is 3.42. The van der Waals surface area contributed by atoms with Gasteiger partial charge in [-0.15, -0.1) is 29.3 Å². The molecule has 192 valence electrons. The number of hydrogen-bond donors (Lipinski definition) is 0. The minimum Gasteiger partial charge on any atom is -0.391 e. The second kappa shape index (κ2) is 11.0. The smallest absolute Gasteiger partial charge is 0.391 e. The fourth-order valence-electron chi connectivity index (χ4n) is 4.17. The van der Waals surface area contributed by atoms with Crippen LogP contribution in [0.15, 0.2) is 97.5 Å². The Bertz CT molecular complexity index is 1540. The third kappa shape index (κ3) is 5.76. The van der Waals surface area contributed by atoms with E-state index in [-0.39, 0.29) is 26.6 Å². The molecule has 0 unspecified atom stereocenters. The maximum atomic E-state index is 14.0. The van der Waals surface area contributed by atoms with Gasteiger partial charge in [-0.25, -0.2) is 0 Å². The van der Waals surface area contributed by atoms with Gasteiger partial charge in [0.15, 0.2) is 0 Å². The monoisotopic (exact) mass is 688 g/mol. The first-order valence-electron chi connectivity index (χ1n) is 11.7. The van der Waals surface area contributed by atoms with Crippen LogP contribution in [0.4, 0.5) is 13.2 Å². The molecule has 0 spiro atoms. The molecule has 2 aromatic carbocycles. The van der Waals surface area contributed by atoms with Gasteiger partial charge in [-0.05, 0) is 34.7 Å². The van der Waals surface area contributed by atoms with Crippen LogP contribution >= 0.6 is 0 Å². The van der Waals surface area contributed by atoms with Crippen molar-refractivity contribution in [3.05, 3.63) is 126 Å². The molecule has 0 radical (unpaired) electrons. The first kappa shape index (κ1) is 27.4.